The lowest BCUT2D eigenvalue weighted by Crippen LogP contribution is -2.40. The number of nitrogens with two attached hydrogens (primary N) is 1. The number of sulfonamides is 1. The van der Waals surface area contributed by atoms with Crippen molar-refractivity contribution >= 4 is 21.6 Å². The van der Waals surface area contributed by atoms with Crippen LogP contribution < -0.4 is 15.4 Å². The van der Waals surface area contributed by atoms with Gasteiger partial charge in [0.25, 0.3) is 0 Å². The Balaban J connectivity index is 2.29. The molecular weight excluding hydrogens is 359 g/mol. The Bertz CT molecular complexity index is 750. The number of hydrogen-bond donors (Lipinski definition) is 2. The molecule has 1 fully saturated rings. The third-order valence-electron chi connectivity index (χ3n) is 4.10. The van der Waals surface area contributed by atoms with Gasteiger partial charge in [-0.05, 0) is 37.0 Å². The second kappa shape index (κ2) is 7.20. The van der Waals surface area contributed by atoms with E-state index in [1.807, 2.05) is 0 Å². The van der Waals surface area contributed by atoms with Gasteiger partial charge in [-0.15, -0.1) is 0 Å². The lowest BCUT2D eigenvalue weighted by Gasteiger charge is -2.35. The zero-order valence-electron chi connectivity index (χ0n) is 13.6. The first kappa shape index (κ1) is 19.5. The van der Waals surface area contributed by atoms with Crippen LogP contribution in [0.4, 0.5) is 18.9 Å². The first-order valence-electron chi connectivity index (χ1n) is 7.72. The number of anilines is 1. The van der Waals surface area contributed by atoms with E-state index in [2.05, 4.69) is 5.32 Å². The summed E-state index contributed by atoms with van der Waals surface area (Å²) < 4.78 is 62.5. The van der Waals surface area contributed by atoms with Gasteiger partial charge in [-0.3, -0.25) is 4.79 Å². The average molecular weight is 379 g/mol. The van der Waals surface area contributed by atoms with Gasteiger partial charge < -0.3 is 10.2 Å². The maximum Gasteiger partial charge on any atom is 0.417 e. The fourth-order valence-corrected chi connectivity index (χ4v) is 3.68. The summed E-state index contributed by atoms with van der Waals surface area (Å²) in [6, 6.07) is 3.04. The first-order valence-corrected chi connectivity index (χ1v) is 9.26. The summed E-state index contributed by atoms with van der Waals surface area (Å²) in [4.78, 5) is 11.8. The smallest absolute Gasteiger partial charge is 0.371 e. The lowest BCUT2D eigenvalue weighted by molar-refractivity contribution is -0.139. The molecule has 1 aliphatic heterocycles. The van der Waals surface area contributed by atoms with Crippen molar-refractivity contribution in [1.29, 1.82) is 0 Å². The normalized spacial score (nSPS) is 18.9. The van der Waals surface area contributed by atoms with Crippen molar-refractivity contribution in [3.05, 3.63) is 23.8 Å². The zero-order chi connectivity index (χ0) is 18.8. The minimum atomic E-state index is -4.83. The Morgan fingerprint density at radius 3 is 2.64 bits per heavy atom. The molecule has 25 heavy (non-hydrogen) atoms. The van der Waals surface area contributed by atoms with Crippen LogP contribution in [0.2, 0.25) is 0 Å². The Morgan fingerprint density at radius 2 is 2.08 bits per heavy atom. The number of primary sulfonamides is 1. The number of nitrogens with zero attached hydrogens (tertiary/aromatic N) is 1. The van der Waals surface area contributed by atoms with Gasteiger partial charge in [0, 0.05) is 32.2 Å². The van der Waals surface area contributed by atoms with Crippen LogP contribution in [0.5, 0.6) is 0 Å². The van der Waals surface area contributed by atoms with Crippen LogP contribution >= 0.6 is 0 Å². The van der Waals surface area contributed by atoms with Gasteiger partial charge in [-0.25, -0.2) is 13.6 Å². The van der Waals surface area contributed by atoms with Crippen molar-refractivity contribution in [2.45, 2.75) is 30.8 Å². The van der Waals surface area contributed by atoms with Crippen molar-refractivity contribution in [1.82, 2.24) is 5.32 Å². The van der Waals surface area contributed by atoms with E-state index in [1.165, 1.54) is 13.0 Å². The number of alkyl halides is 3. The van der Waals surface area contributed by atoms with E-state index < -0.39 is 26.7 Å². The molecule has 0 radical (unpaired) electrons. The Hall–Kier alpha value is -1.81. The molecular formula is C15H20F3N3O3S. The van der Waals surface area contributed by atoms with Gasteiger partial charge in [-0.1, -0.05) is 0 Å². The Kier molecular flexibility index (Phi) is 5.62. The molecule has 0 spiro atoms. The molecule has 6 nitrogen and oxygen atoms in total. The summed E-state index contributed by atoms with van der Waals surface area (Å²) in [6.45, 7) is 2.89. The van der Waals surface area contributed by atoms with Crippen molar-refractivity contribution in [3.63, 3.8) is 0 Å². The standard InChI is InChI=1S/C15H20F3N3O3S/c1-10(22)20-8-11-3-2-6-21(9-11)12-4-5-14(25(19,23)24)13(7-12)15(16,17)18/h4-5,7,11H,2-3,6,8-9H2,1H3,(H,20,22)(H2,19,23,24). The number of carbonyl (C=O) groups is 1. The lowest BCUT2D eigenvalue weighted by atomic mass is 9.97. The van der Waals surface area contributed by atoms with E-state index in [0.29, 0.717) is 19.6 Å². The van der Waals surface area contributed by atoms with Gasteiger partial charge in [0.05, 0.1) is 10.5 Å². The molecule has 1 aromatic rings. The largest absolute Gasteiger partial charge is 0.417 e. The molecule has 10 heteroatoms. The van der Waals surface area contributed by atoms with E-state index in [-0.39, 0.29) is 17.5 Å². The van der Waals surface area contributed by atoms with Crippen LogP contribution in [0.3, 0.4) is 0 Å². The van der Waals surface area contributed by atoms with Crippen molar-refractivity contribution in [3.8, 4) is 0 Å². The number of piperidine rings is 1. The maximum atomic E-state index is 13.2. The zero-order valence-corrected chi connectivity index (χ0v) is 14.5. The van der Waals surface area contributed by atoms with E-state index in [0.717, 1.165) is 25.0 Å². The van der Waals surface area contributed by atoms with Crippen LogP contribution in [0, 0.1) is 5.92 Å². The van der Waals surface area contributed by atoms with Gasteiger partial charge in [-0.2, -0.15) is 13.2 Å². The molecule has 1 amide bonds. The van der Waals surface area contributed by atoms with Gasteiger partial charge >= 0.3 is 6.18 Å². The van der Waals surface area contributed by atoms with Crippen LogP contribution in [0.25, 0.3) is 0 Å². The summed E-state index contributed by atoms with van der Waals surface area (Å²) >= 11 is 0. The number of rotatable bonds is 4. The highest BCUT2D eigenvalue weighted by Crippen LogP contribution is 2.37. The van der Waals surface area contributed by atoms with Crippen LogP contribution in [-0.2, 0) is 21.0 Å². The molecule has 140 valence electrons. The average Bonchev–Trinajstić information content (AvgIpc) is 2.51. The summed E-state index contributed by atoms with van der Waals surface area (Å²) in [6.07, 6.45) is -3.20. The monoisotopic (exact) mass is 379 g/mol. The minimum Gasteiger partial charge on any atom is -0.371 e. The highest BCUT2D eigenvalue weighted by Gasteiger charge is 2.37. The van der Waals surface area contributed by atoms with Crippen LogP contribution in [0.1, 0.15) is 25.3 Å². The van der Waals surface area contributed by atoms with Crippen molar-refractivity contribution in [2.75, 3.05) is 24.5 Å². The summed E-state index contributed by atoms with van der Waals surface area (Å²) in [5, 5.41) is 7.60. The molecule has 2 rings (SSSR count). The van der Waals surface area contributed by atoms with Gasteiger partial charge in [0.2, 0.25) is 15.9 Å². The second-order valence-electron chi connectivity index (χ2n) is 6.11. The van der Waals surface area contributed by atoms with E-state index >= 15 is 0 Å². The second-order valence-corrected chi connectivity index (χ2v) is 7.64. The number of hydrogen-bond acceptors (Lipinski definition) is 4. The Labute approximate surface area is 144 Å². The highest BCUT2D eigenvalue weighted by atomic mass is 32.2. The quantitative estimate of drug-likeness (QED) is 0.833. The molecule has 1 unspecified atom stereocenters. The van der Waals surface area contributed by atoms with Crippen LogP contribution in [-0.4, -0.2) is 34.0 Å². The molecule has 1 aromatic carbocycles. The van der Waals surface area contributed by atoms with Crippen LogP contribution in [0.15, 0.2) is 23.1 Å². The SMILES string of the molecule is CC(=O)NCC1CCCN(c2ccc(S(N)(=O)=O)c(C(F)(F)F)c2)C1. The molecule has 1 aliphatic rings. The van der Waals surface area contributed by atoms with E-state index in [4.69, 9.17) is 5.14 Å². The predicted octanol–water partition coefficient (Wildman–Crippen LogP) is 1.71. The van der Waals surface area contributed by atoms with E-state index in [9.17, 15) is 26.4 Å². The molecule has 0 saturated carbocycles. The minimum absolute atomic E-state index is 0.116. The number of nitrogens with one attached hydrogen (secondary N) is 1. The Morgan fingerprint density at radius 1 is 1.40 bits per heavy atom. The number of carbonyl (C=O) groups excluding carboxylic acids is 1. The predicted molar refractivity (Wildman–Crippen MR) is 86.4 cm³/mol. The highest BCUT2D eigenvalue weighted by molar-refractivity contribution is 7.89. The number of halogens is 3. The third kappa shape index (κ3) is 5.08. The number of benzene rings is 1. The molecule has 1 heterocycles. The summed E-state index contributed by atoms with van der Waals surface area (Å²) in [5.74, 6) is -0.0427. The molecule has 1 atom stereocenters. The molecule has 0 aliphatic carbocycles. The molecule has 1 saturated heterocycles. The fourth-order valence-electron chi connectivity index (χ4n) is 2.94. The van der Waals surface area contributed by atoms with Gasteiger partial charge in [0.1, 0.15) is 0 Å². The molecule has 0 bridgehead atoms. The maximum absolute atomic E-state index is 13.2. The molecule has 0 aromatic heterocycles. The third-order valence-corrected chi connectivity index (χ3v) is 5.07. The van der Waals surface area contributed by atoms with Crippen molar-refractivity contribution < 1.29 is 26.4 Å². The summed E-state index contributed by atoms with van der Waals surface area (Å²) in [5.41, 5.74) is -0.983. The topological polar surface area (TPSA) is 92.5 Å². The van der Waals surface area contributed by atoms with E-state index in [1.54, 1.807) is 4.90 Å². The first-order chi connectivity index (χ1) is 11.5. The van der Waals surface area contributed by atoms with Crippen molar-refractivity contribution in [2.24, 2.45) is 11.1 Å². The summed E-state index contributed by atoms with van der Waals surface area (Å²) in [7, 11) is -4.48. The fraction of sp³-hybridized carbons (Fsp3) is 0.533. The van der Waals surface area contributed by atoms with Gasteiger partial charge in [0.15, 0.2) is 0 Å². The molecule has 3 N–H and O–H groups in total. The number of amides is 1.